The molecule has 3 aliphatic heterocycles. The zero-order chi connectivity index (χ0) is 31.1. The summed E-state index contributed by atoms with van der Waals surface area (Å²) < 4.78 is 54.4. The topological polar surface area (TPSA) is 80.6 Å². The molecule has 4 heterocycles. The second kappa shape index (κ2) is 10.8. The molecule has 1 N–H and O–H groups in total. The Morgan fingerprint density at radius 1 is 1.16 bits per heavy atom. The van der Waals surface area contributed by atoms with Crippen LogP contribution in [-0.4, -0.2) is 73.3 Å². The Hall–Kier alpha value is -3.41. The first-order chi connectivity index (χ1) is 21.0. The van der Waals surface area contributed by atoms with E-state index in [2.05, 4.69) is 21.2 Å². The maximum Gasteiger partial charge on any atom is 0.318 e. The number of ether oxygens (including phenoxy) is 1. The van der Waals surface area contributed by atoms with Crippen molar-refractivity contribution in [2.45, 2.75) is 51.2 Å². The molecule has 3 aromatic rings. The fraction of sp³-hybridized carbons (Fsp3) is 0.500. The molecule has 0 unspecified atom stereocenters. The lowest BCUT2D eigenvalue weighted by Crippen LogP contribution is -2.51. The molecule has 2 atom stereocenters. The van der Waals surface area contributed by atoms with Gasteiger partial charge in [0, 0.05) is 63.1 Å². The molecular formula is C30H37N7O. The van der Waals surface area contributed by atoms with Gasteiger partial charge in [-0.2, -0.15) is 15.2 Å². The number of nitriles is 1. The molecule has 2 aromatic carbocycles. The van der Waals surface area contributed by atoms with E-state index in [1.807, 2.05) is 24.3 Å². The third-order valence-electron chi connectivity index (χ3n) is 7.92. The van der Waals surface area contributed by atoms with Crippen LogP contribution in [0.3, 0.4) is 0 Å². The molecule has 0 radical (unpaired) electrons. The third-order valence-corrected chi connectivity index (χ3v) is 7.92. The summed E-state index contributed by atoms with van der Waals surface area (Å²) in [4.78, 5) is 15.6. The third kappa shape index (κ3) is 4.89. The van der Waals surface area contributed by atoms with Gasteiger partial charge >= 0.3 is 6.01 Å². The number of hydrogen-bond acceptors (Lipinski definition) is 8. The number of anilines is 2. The molecule has 1 aromatic heterocycles. The molecule has 0 amide bonds. The molecule has 0 bridgehead atoms. The van der Waals surface area contributed by atoms with E-state index in [0.29, 0.717) is 44.6 Å². The minimum atomic E-state index is -2.26. The zero-order valence-electron chi connectivity index (χ0n) is 27.5. The van der Waals surface area contributed by atoms with Crippen LogP contribution in [-0.2, 0) is 13.0 Å². The predicted molar refractivity (Wildman–Crippen MR) is 151 cm³/mol. The van der Waals surface area contributed by atoms with Crippen LogP contribution in [0.2, 0.25) is 0 Å². The van der Waals surface area contributed by atoms with E-state index in [-0.39, 0.29) is 24.7 Å². The summed E-state index contributed by atoms with van der Waals surface area (Å²) in [6.07, 6.45) is 2.56. The Kier molecular flexibility index (Phi) is 5.32. The van der Waals surface area contributed by atoms with Crippen molar-refractivity contribution in [2.75, 3.05) is 56.1 Å². The summed E-state index contributed by atoms with van der Waals surface area (Å²) in [5, 5.41) is 14.3. The number of aromatic nitrogens is 2. The van der Waals surface area contributed by atoms with Crippen LogP contribution in [0, 0.1) is 18.2 Å². The number of hydrogen-bond donors (Lipinski definition) is 1. The second-order valence-corrected chi connectivity index (χ2v) is 10.4. The molecule has 2 saturated heterocycles. The van der Waals surface area contributed by atoms with Gasteiger partial charge in [0.15, 0.2) is 0 Å². The molecule has 38 heavy (non-hydrogen) atoms. The number of piperazine rings is 1. The highest BCUT2D eigenvalue weighted by Gasteiger charge is 2.30. The molecule has 0 aliphatic carbocycles. The van der Waals surface area contributed by atoms with E-state index < -0.39 is 13.8 Å². The van der Waals surface area contributed by atoms with Gasteiger partial charge in [0.1, 0.15) is 12.4 Å². The highest BCUT2D eigenvalue weighted by molar-refractivity contribution is 5.97. The van der Waals surface area contributed by atoms with E-state index in [4.69, 9.17) is 22.9 Å². The summed E-state index contributed by atoms with van der Waals surface area (Å²) >= 11 is 0. The lowest BCUT2D eigenvalue weighted by molar-refractivity contribution is 0.187. The molecule has 3 aliphatic rings. The largest absolute Gasteiger partial charge is 0.462 e. The van der Waals surface area contributed by atoms with Crippen molar-refractivity contribution in [2.24, 2.45) is 0 Å². The van der Waals surface area contributed by atoms with E-state index in [0.717, 1.165) is 59.5 Å². The first-order valence-corrected chi connectivity index (χ1v) is 13.4. The van der Waals surface area contributed by atoms with Gasteiger partial charge in [-0.15, -0.1) is 0 Å². The van der Waals surface area contributed by atoms with Gasteiger partial charge in [-0.25, -0.2) is 0 Å². The summed E-state index contributed by atoms with van der Waals surface area (Å²) in [5.74, 6) is 0.786. The van der Waals surface area contributed by atoms with Crippen LogP contribution in [0.25, 0.3) is 10.8 Å². The lowest BCUT2D eigenvalue weighted by Gasteiger charge is -2.37. The highest BCUT2D eigenvalue weighted by Crippen LogP contribution is 2.35. The molecule has 6 rings (SSSR count). The number of fused-ring (bicyclic) bond motifs is 2. The second-order valence-electron chi connectivity index (χ2n) is 10.4. The first kappa shape index (κ1) is 18.8. The Morgan fingerprint density at radius 2 is 2.08 bits per heavy atom. The summed E-state index contributed by atoms with van der Waals surface area (Å²) in [6, 6.07) is 13.5. The average molecular weight is 518 g/mol. The number of aryl methyl sites for hydroxylation is 1. The monoisotopic (exact) mass is 517 g/mol. The Bertz CT molecular complexity index is 1550. The van der Waals surface area contributed by atoms with Gasteiger partial charge < -0.3 is 24.8 Å². The van der Waals surface area contributed by atoms with Gasteiger partial charge in [0.05, 0.1) is 24.7 Å². The summed E-state index contributed by atoms with van der Waals surface area (Å²) in [7, 11) is 0. The van der Waals surface area contributed by atoms with Crippen LogP contribution >= 0.6 is 0 Å². The fourth-order valence-corrected chi connectivity index (χ4v) is 5.95. The van der Waals surface area contributed by atoms with Gasteiger partial charge in [-0.05, 0) is 56.7 Å². The van der Waals surface area contributed by atoms with Crippen molar-refractivity contribution in [3.05, 3.63) is 53.2 Å². The van der Waals surface area contributed by atoms with Crippen LogP contribution in [0.5, 0.6) is 6.01 Å². The van der Waals surface area contributed by atoms with Crippen LogP contribution in [0.1, 0.15) is 44.3 Å². The van der Waals surface area contributed by atoms with E-state index in [1.54, 1.807) is 12.1 Å². The van der Waals surface area contributed by atoms with Crippen molar-refractivity contribution in [1.82, 2.24) is 20.2 Å². The quantitative estimate of drug-likeness (QED) is 0.531. The maximum atomic E-state index is 9.31. The number of likely N-dealkylation sites (tertiary alicyclic amines) is 1. The van der Waals surface area contributed by atoms with Gasteiger partial charge in [0.2, 0.25) is 0 Å². The van der Waals surface area contributed by atoms with Gasteiger partial charge in [-0.1, -0.05) is 30.3 Å². The Balaban J connectivity index is 1.35. The first-order valence-electron chi connectivity index (χ1n) is 16.4. The van der Waals surface area contributed by atoms with Crippen LogP contribution < -0.4 is 19.9 Å². The van der Waals surface area contributed by atoms with Gasteiger partial charge in [-0.3, -0.25) is 0 Å². The number of nitrogens with zero attached hydrogens (tertiary/aromatic N) is 6. The van der Waals surface area contributed by atoms with E-state index >= 15 is 0 Å². The SMILES string of the molecule is [2H]C([2H])([2H])c1cccc2cccc(N3CCc4c(nc(OC[C@@H]5CCCN5C([2H])([2H])[2H])nc4N4CCN[C@@H](CC#N)C4)C3)c12. The molecule has 8 nitrogen and oxygen atoms in total. The molecule has 8 heteroatoms. The highest BCUT2D eigenvalue weighted by atomic mass is 16.5. The maximum absolute atomic E-state index is 9.31. The minimum Gasteiger partial charge on any atom is -0.462 e. The van der Waals surface area contributed by atoms with Crippen LogP contribution in [0.4, 0.5) is 11.5 Å². The standard InChI is InChI=1S/C30H37N7O/c1-21-6-3-7-22-8-4-10-27(28(21)22)36-16-12-25-26(19-36)33-30(38-20-24-9-5-15-35(24)2)34-29(25)37-17-14-32-23(18-37)11-13-31/h3-4,6-8,10,23-24,32H,5,9,11-12,14-20H2,1-2H3/t23-,24-/m0/s1/i1D3,2D3. The normalized spacial score (nSPS) is 24.9. The number of nitrogens with one attached hydrogen (secondary N) is 1. The fourth-order valence-electron chi connectivity index (χ4n) is 5.95. The number of rotatable bonds is 6. The molecular weight excluding hydrogens is 474 g/mol. The van der Waals surface area contributed by atoms with E-state index in [1.165, 1.54) is 4.90 Å². The Labute approximate surface area is 233 Å². The number of likely N-dealkylation sites (N-methyl/N-ethyl adjacent to an activating group) is 1. The van der Waals surface area contributed by atoms with Crippen molar-refractivity contribution >= 4 is 22.3 Å². The van der Waals surface area contributed by atoms with Crippen LogP contribution in [0.15, 0.2) is 36.4 Å². The van der Waals surface area contributed by atoms with Gasteiger partial charge in [0.25, 0.3) is 0 Å². The Morgan fingerprint density at radius 3 is 2.95 bits per heavy atom. The zero-order valence-corrected chi connectivity index (χ0v) is 21.5. The average Bonchev–Trinajstić information content (AvgIpc) is 3.48. The lowest BCUT2D eigenvalue weighted by atomic mass is 9.99. The predicted octanol–water partition coefficient (Wildman–Crippen LogP) is 3.67. The van der Waals surface area contributed by atoms with Crippen molar-refractivity contribution < 1.29 is 13.0 Å². The van der Waals surface area contributed by atoms with E-state index in [9.17, 15) is 5.26 Å². The smallest absolute Gasteiger partial charge is 0.318 e. The molecule has 2 fully saturated rings. The minimum absolute atomic E-state index is 0.0177. The summed E-state index contributed by atoms with van der Waals surface area (Å²) in [5.41, 5.74) is 2.99. The summed E-state index contributed by atoms with van der Waals surface area (Å²) in [6.45, 7) is -0.618. The number of benzene rings is 2. The molecule has 0 spiro atoms. The van der Waals surface area contributed by atoms with Crippen molar-refractivity contribution in [3.63, 3.8) is 0 Å². The molecule has 198 valence electrons. The van der Waals surface area contributed by atoms with Crippen molar-refractivity contribution in [3.8, 4) is 12.1 Å². The molecule has 0 saturated carbocycles. The van der Waals surface area contributed by atoms with Crippen molar-refractivity contribution in [1.29, 1.82) is 5.26 Å².